The predicted octanol–water partition coefficient (Wildman–Crippen LogP) is 2.51. The van der Waals surface area contributed by atoms with Crippen LogP contribution in [0.5, 0.6) is 0 Å². The van der Waals surface area contributed by atoms with Crippen molar-refractivity contribution in [3.63, 3.8) is 0 Å². The molecule has 3 heterocycles. The summed E-state index contributed by atoms with van der Waals surface area (Å²) >= 11 is 1.69. The van der Waals surface area contributed by atoms with Gasteiger partial charge in [-0.05, 0) is 27.7 Å². The lowest BCUT2D eigenvalue weighted by Crippen LogP contribution is -2.73. The first-order valence-electron chi connectivity index (χ1n) is 6.91. The third-order valence-electron chi connectivity index (χ3n) is 3.76. The van der Waals surface area contributed by atoms with Gasteiger partial charge in [-0.3, -0.25) is 0 Å². The molecule has 3 rings (SSSR count). The fourth-order valence-corrected chi connectivity index (χ4v) is 3.74. The van der Waals surface area contributed by atoms with Crippen molar-refractivity contribution >= 4 is 22.4 Å². The van der Waals surface area contributed by atoms with Gasteiger partial charge in [0.15, 0.2) is 0 Å². The Morgan fingerprint density at radius 1 is 1.35 bits per heavy atom. The molecule has 0 unspecified atom stereocenters. The fourth-order valence-electron chi connectivity index (χ4n) is 2.93. The summed E-state index contributed by atoms with van der Waals surface area (Å²) in [7, 11) is 0. The minimum Gasteiger partial charge on any atom is -0.444 e. The molecule has 1 aromatic heterocycles. The summed E-state index contributed by atoms with van der Waals surface area (Å²) in [5.74, 6) is 0. The van der Waals surface area contributed by atoms with Gasteiger partial charge >= 0.3 is 6.09 Å². The van der Waals surface area contributed by atoms with Gasteiger partial charge < -0.3 is 14.5 Å². The highest BCUT2D eigenvalue weighted by molar-refractivity contribution is 7.14. The summed E-state index contributed by atoms with van der Waals surface area (Å²) < 4.78 is 5.39. The second kappa shape index (κ2) is 4.35. The van der Waals surface area contributed by atoms with Crippen LogP contribution in [0.2, 0.25) is 0 Å². The van der Waals surface area contributed by atoms with E-state index in [4.69, 9.17) is 4.74 Å². The highest BCUT2D eigenvalue weighted by Gasteiger charge is 2.54. The van der Waals surface area contributed by atoms with E-state index in [1.807, 2.05) is 38.1 Å². The smallest absolute Gasteiger partial charge is 0.410 e. The van der Waals surface area contributed by atoms with E-state index in [9.17, 15) is 4.79 Å². The monoisotopic (exact) mass is 295 g/mol. The summed E-state index contributed by atoms with van der Waals surface area (Å²) in [5, 5.41) is 1.27. The summed E-state index contributed by atoms with van der Waals surface area (Å²) in [6, 6.07) is 0. The molecule has 2 fully saturated rings. The number of thiazole rings is 1. The van der Waals surface area contributed by atoms with Crippen LogP contribution in [-0.2, 0) is 4.74 Å². The van der Waals surface area contributed by atoms with Gasteiger partial charge in [0, 0.05) is 31.6 Å². The number of amides is 1. The van der Waals surface area contributed by atoms with E-state index in [1.54, 1.807) is 11.3 Å². The number of hydrogen-bond donors (Lipinski definition) is 0. The van der Waals surface area contributed by atoms with Gasteiger partial charge in [-0.25, -0.2) is 9.78 Å². The Hall–Kier alpha value is -1.30. The van der Waals surface area contributed by atoms with Crippen molar-refractivity contribution in [1.82, 2.24) is 9.88 Å². The van der Waals surface area contributed by atoms with Gasteiger partial charge in [-0.2, -0.15) is 0 Å². The lowest BCUT2D eigenvalue weighted by atomic mass is 9.73. The number of rotatable bonds is 1. The normalized spacial score (nSPS) is 20.6. The third-order valence-corrected chi connectivity index (χ3v) is 4.75. The Morgan fingerprint density at radius 2 is 2.00 bits per heavy atom. The minimum absolute atomic E-state index is 0.185. The number of carbonyl (C=O) groups excluding carboxylic acids is 1. The molecular weight excluding hydrogens is 274 g/mol. The SMILES string of the molecule is Cc1ncsc1N1CC2(CN(C(=O)OC(C)(C)C)C2)C1. The first kappa shape index (κ1) is 13.7. The highest BCUT2D eigenvalue weighted by Crippen LogP contribution is 2.44. The lowest BCUT2D eigenvalue weighted by Gasteiger charge is -2.60. The Kier molecular flexibility index (Phi) is 2.97. The van der Waals surface area contributed by atoms with Crippen molar-refractivity contribution < 1.29 is 9.53 Å². The molecule has 1 amide bonds. The summed E-state index contributed by atoms with van der Waals surface area (Å²) in [6.45, 7) is 11.4. The molecule has 6 heteroatoms. The fraction of sp³-hybridized carbons (Fsp3) is 0.714. The molecule has 0 radical (unpaired) electrons. The van der Waals surface area contributed by atoms with Gasteiger partial charge in [0.25, 0.3) is 0 Å². The van der Waals surface area contributed by atoms with Crippen molar-refractivity contribution in [2.45, 2.75) is 33.3 Å². The summed E-state index contributed by atoms with van der Waals surface area (Å²) in [6.07, 6.45) is -0.185. The zero-order valence-electron chi connectivity index (χ0n) is 12.5. The maximum Gasteiger partial charge on any atom is 0.410 e. The standard InChI is InChI=1S/C14H21N3O2S/c1-10-11(20-9-15-10)16-5-14(6-16)7-17(8-14)12(18)19-13(2,3)4/h9H,5-8H2,1-4H3. The number of aryl methyl sites for hydroxylation is 1. The van der Waals surface area contributed by atoms with Crippen LogP contribution >= 0.6 is 11.3 Å². The van der Waals surface area contributed by atoms with E-state index in [0.29, 0.717) is 0 Å². The topological polar surface area (TPSA) is 45.7 Å². The van der Waals surface area contributed by atoms with Crippen LogP contribution in [-0.4, -0.2) is 47.8 Å². The molecule has 1 spiro atoms. The molecule has 110 valence electrons. The van der Waals surface area contributed by atoms with E-state index in [0.717, 1.165) is 31.9 Å². The molecule has 0 aromatic carbocycles. The third kappa shape index (κ3) is 2.37. The Bertz CT molecular complexity index is 521. The first-order chi connectivity index (χ1) is 9.28. The molecule has 0 aliphatic carbocycles. The molecule has 0 atom stereocenters. The minimum atomic E-state index is -0.411. The van der Waals surface area contributed by atoms with Crippen LogP contribution in [0.25, 0.3) is 0 Å². The average molecular weight is 295 g/mol. The van der Waals surface area contributed by atoms with Gasteiger partial charge in [0.1, 0.15) is 10.6 Å². The van der Waals surface area contributed by atoms with E-state index >= 15 is 0 Å². The maximum atomic E-state index is 11.9. The van der Waals surface area contributed by atoms with Crippen LogP contribution in [0, 0.1) is 12.3 Å². The largest absolute Gasteiger partial charge is 0.444 e. The average Bonchev–Trinajstić information content (AvgIpc) is 2.57. The van der Waals surface area contributed by atoms with Crippen LogP contribution in [0.1, 0.15) is 26.5 Å². The van der Waals surface area contributed by atoms with E-state index in [-0.39, 0.29) is 11.5 Å². The van der Waals surface area contributed by atoms with Gasteiger partial charge in [0.2, 0.25) is 0 Å². The predicted molar refractivity (Wildman–Crippen MR) is 79.3 cm³/mol. The maximum absolute atomic E-state index is 11.9. The van der Waals surface area contributed by atoms with E-state index in [2.05, 4.69) is 9.88 Å². The quantitative estimate of drug-likeness (QED) is 0.798. The van der Waals surface area contributed by atoms with Crippen molar-refractivity contribution in [1.29, 1.82) is 0 Å². The Balaban J connectivity index is 1.50. The molecule has 1 aromatic rings. The number of aromatic nitrogens is 1. The number of nitrogens with zero attached hydrogens (tertiary/aromatic N) is 3. The molecule has 0 bridgehead atoms. The molecule has 5 nitrogen and oxygen atoms in total. The molecule has 2 saturated heterocycles. The first-order valence-corrected chi connectivity index (χ1v) is 7.79. The molecule has 2 aliphatic heterocycles. The van der Waals surface area contributed by atoms with Crippen LogP contribution in [0.4, 0.5) is 9.80 Å². The number of hydrogen-bond acceptors (Lipinski definition) is 5. The van der Waals surface area contributed by atoms with Gasteiger partial charge in [0.05, 0.1) is 11.2 Å². The Labute approximate surface area is 123 Å². The van der Waals surface area contributed by atoms with Crippen LogP contribution in [0.15, 0.2) is 5.51 Å². The van der Waals surface area contributed by atoms with Crippen molar-refractivity contribution in [2.75, 3.05) is 31.1 Å². The number of carbonyl (C=O) groups is 1. The second-order valence-corrected chi connectivity index (χ2v) is 7.77. The molecule has 20 heavy (non-hydrogen) atoms. The van der Waals surface area contributed by atoms with Crippen molar-refractivity contribution in [2.24, 2.45) is 5.41 Å². The van der Waals surface area contributed by atoms with Crippen molar-refractivity contribution in [3.8, 4) is 0 Å². The summed E-state index contributed by atoms with van der Waals surface area (Å²) in [5.41, 5.74) is 2.87. The molecule has 0 N–H and O–H groups in total. The highest BCUT2D eigenvalue weighted by atomic mass is 32.1. The van der Waals surface area contributed by atoms with Crippen LogP contribution in [0.3, 0.4) is 0 Å². The van der Waals surface area contributed by atoms with E-state index < -0.39 is 5.60 Å². The summed E-state index contributed by atoms with van der Waals surface area (Å²) in [4.78, 5) is 20.4. The second-order valence-electron chi connectivity index (χ2n) is 6.94. The zero-order valence-corrected chi connectivity index (χ0v) is 13.3. The zero-order chi connectivity index (χ0) is 14.5. The molecule has 2 aliphatic rings. The number of likely N-dealkylation sites (tertiary alicyclic amines) is 1. The van der Waals surface area contributed by atoms with Crippen LogP contribution < -0.4 is 4.90 Å². The number of anilines is 1. The van der Waals surface area contributed by atoms with Gasteiger partial charge in [-0.1, -0.05) is 0 Å². The number of ether oxygens (including phenoxy) is 1. The Morgan fingerprint density at radius 3 is 2.50 bits per heavy atom. The molecule has 0 saturated carbocycles. The lowest BCUT2D eigenvalue weighted by molar-refractivity contribution is -0.0451. The van der Waals surface area contributed by atoms with E-state index in [1.165, 1.54) is 5.00 Å². The van der Waals surface area contributed by atoms with Crippen molar-refractivity contribution in [3.05, 3.63) is 11.2 Å². The van der Waals surface area contributed by atoms with Gasteiger partial charge in [-0.15, -0.1) is 11.3 Å². The molecular formula is C14H21N3O2S.